The molecular weight excluding hydrogens is 236 g/mol. The van der Waals surface area contributed by atoms with Gasteiger partial charge in [0.2, 0.25) is 0 Å². The van der Waals surface area contributed by atoms with Crippen molar-refractivity contribution in [1.82, 2.24) is 19.8 Å². The average Bonchev–Trinajstić information content (AvgIpc) is 2.75. The largest absolute Gasteiger partial charge is 0.334 e. The Balaban J connectivity index is 2.23. The second-order valence-electron chi connectivity index (χ2n) is 5.33. The Morgan fingerprint density at radius 2 is 2.16 bits per heavy atom. The van der Waals surface area contributed by atoms with Crippen LogP contribution in [0, 0.1) is 0 Å². The van der Waals surface area contributed by atoms with Crippen LogP contribution in [0.4, 0.5) is 0 Å². The van der Waals surface area contributed by atoms with Crippen LogP contribution >= 0.6 is 0 Å². The molecule has 0 bridgehead atoms. The zero-order valence-corrected chi connectivity index (χ0v) is 12.3. The van der Waals surface area contributed by atoms with E-state index < -0.39 is 0 Å². The molecule has 0 aliphatic rings. The smallest absolute Gasteiger partial charge is 0.0955 e. The van der Waals surface area contributed by atoms with Gasteiger partial charge in [-0.2, -0.15) is 0 Å². The molecule has 4 heteroatoms. The number of nitrogens with zero attached hydrogens (tertiary/aromatic N) is 3. The Labute approximate surface area is 115 Å². The molecule has 1 unspecified atom stereocenters. The topological polar surface area (TPSA) is 33.1 Å². The first kappa shape index (κ1) is 14.0. The second-order valence-corrected chi connectivity index (χ2v) is 5.33. The van der Waals surface area contributed by atoms with Gasteiger partial charge in [0.25, 0.3) is 0 Å². The Morgan fingerprint density at radius 3 is 2.84 bits per heavy atom. The molecule has 0 aliphatic carbocycles. The van der Waals surface area contributed by atoms with Crippen molar-refractivity contribution in [2.75, 3.05) is 27.7 Å². The third-order valence-corrected chi connectivity index (χ3v) is 3.66. The van der Waals surface area contributed by atoms with Crippen LogP contribution in [0.25, 0.3) is 11.0 Å². The first-order valence-electron chi connectivity index (χ1n) is 6.85. The van der Waals surface area contributed by atoms with Gasteiger partial charge in [-0.25, -0.2) is 4.98 Å². The summed E-state index contributed by atoms with van der Waals surface area (Å²) in [6.45, 7) is 1.07. The number of aryl methyl sites for hydroxylation is 1. The fraction of sp³-hybridized carbons (Fsp3) is 0.533. The number of aromatic nitrogens is 2. The van der Waals surface area contributed by atoms with E-state index in [0.717, 1.165) is 18.5 Å². The Bertz CT molecular complexity index is 530. The maximum Gasteiger partial charge on any atom is 0.0955 e. The van der Waals surface area contributed by atoms with Gasteiger partial charge < -0.3 is 14.8 Å². The summed E-state index contributed by atoms with van der Waals surface area (Å²) in [5.41, 5.74) is 3.63. The van der Waals surface area contributed by atoms with Crippen LogP contribution in [0.5, 0.6) is 0 Å². The van der Waals surface area contributed by atoms with Crippen LogP contribution in [0.3, 0.4) is 0 Å². The standard InChI is InChI=1S/C15H24N4/c1-16-9-5-6-14(18(2)3)12-7-8-15-13(10-12)17-11-19(15)4/h7-8,10-11,14,16H,5-6,9H2,1-4H3. The summed E-state index contributed by atoms with van der Waals surface area (Å²) in [4.78, 5) is 6.74. The number of nitrogens with one attached hydrogen (secondary N) is 1. The van der Waals surface area contributed by atoms with Gasteiger partial charge in [0.05, 0.1) is 17.4 Å². The highest BCUT2D eigenvalue weighted by molar-refractivity contribution is 5.76. The van der Waals surface area contributed by atoms with E-state index >= 15 is 0 Å². The molecule has 1 aromatic heterocycles. The van der Waals surface area contributed by atoms with Crippen LogP contribution in [0.1, 0.15) is 24.4 Å². The molecule has 4 nitrogen and oxygen atoms in total. The summed E-state index contributed by atoms with van der Waals surface area (Å²) in [5.74, 6) is 0. The third-order valence-electron chi connectivity index (χ3n) is 3.66. The average molecular weight is 260 g/mol. The van der Waals surface area contributed by atoms with Crippen molar-refractivity contribution in [2.45, 2.75) is 18.9 Å². The van der Waals surface area contributed by atoms with Crippen LogP contribution in [-0.2, 0) is 7.05 Å². The Hall–Kier alpha value is -1.39. The van der Waals surface area contributed by atoms with E-state index in [9.17, 15) is 0 Å². The monoisotopic (exact) mass is 260 g/mol. The van der Waals surface area contributed by atoms with Gasteiger partial charge in [-0.05, 0) is 58.2 Å². The van der Waals surface area contributed by atoms with Crippen molar-refractivity contribution < 1.29 is 0 Å². The summed E-state index contributed by atoms with van der Waals surface area (Å²) >= 11 is 0. The number of imidazole rings is 1. The molecule has 0 radical (unpaired) electrons. The van der Waals surface area contributed by atoms with Crippen LogP contribution in [-0.4, -0.2) is 42.1 Å². The zero-order chi connectivity index (χ0) is 13.8. The molecule has 0 saturated heterocycles. The lowest BCUT2D eigenvalue weighted by Crippen LogP contribution is -2.21. The summed E-state index contributed by atoms with van der Waals surface area (Å²) in [6.07, 6.45) is 4.21. The first-order valence-corrected chi connectivity index (χ1v) is 6.85. The molecule has 1 atom stereocenters. The van der Waals surface area contributed by atoms with E-state index in [-0.39, 0.29) is 0 Å². The molecule has 1 heterocycles. The van der Waals surface area contributed by atoms with Crippen LogP contribution in [0.15, 0.2) is 24.5 Å². The predicted molar refractivity (Wildman–Crippen MR) is 80.3 cm³/mol. The minimum atomic E-state index is 0.458. The molecule has 0 saturated carbocycles. The molecule has 104 valence electrons. The van der Waals surface area contributed by atoms with Gasteiger partial charge in [0.15, 0.2) is 0 Å². The molecular formula is C15H24N4. The fourth-order valence-electron chi connectivity index (χ4n) is 2.56. The summed E-state index contributed by atoms with van der Waals surface area (Å²) < 4.78 is 2.06. The van der Waals surface area contributed by atoms with Crippen molar-refractivity contribution in [3.8, 4) is 0 Å². The molecule has 2 aromatic rings. The second kappa shape index (κ2) is 6.17. The first-order chi connectivity index (χ1) is 9.13. The summed E-state index contributed by atoms with van der Waals surface area (Å²) in [7, 11) is 8.33. The molecule has 19 heavy (non-hydrogen) atoms. The van der Waals surface area contributed by atoms with Crippen molar-refractivity contribution in [3.05, 3.63) is 30.1 Å². The highest BCUT2D eigenvalue weighted by Gasteiger charge is 2.14. The van der Waals surface area contributed by atoms with E-state index in [2.05, 4.69) is 52.1 Å². The maximum atomic E-state index is 4.45. The summed E-state index contributed by atoms with van der Waals surface area (Å²) in [6, 6.07) is 7.08. The minimum Gasteiger partial charge on any atom is -0.334 e. The Morgan fingerprint density at radius 1 is 1.37 bits per heavy atom. The lowest BCUT2D eigenvalue weighted by atomic mass is 10.0. The van der Waals surface area contributed by atoms with Crippen molar-refractivity contribution in [2.24, 2.45) is 7.05 Å². The van der Waals surface area contributed by atoms with Crippen molar-refractivity contribution >= 4 is 11.0 Å². The van der Waals surface area contributed by atoms with Gasteiger partial charge in [-0.1, -0.05) is 6.07 Å². The highest BCUT2D eigenvalue weighted by atomic mass is 15.1. The highest BCUT2D eigenvalue weighted by Crippen LogP contribution is 2.26. The molecule has 0 amide bonds. The molecule has 0 aliphatic heterocycles. The molecule has 0 fully saturated rings. The predicted octanol–water partition coefficient (Wildman–Crippen LogP) is 2.18. The van der Waals surface area contributed by atoms with E-state index in [1.165, 1.54) is 17.5 Å². The van der Waals surface area contributed by atoms with Crippen LogP contribution in [0.2, 0.25) is 0 Å². The van der Waals surface area contributed by atoms with E-state index in [1.54, 1.807) is 0 Å². The lowest BCUT2D eigenvalue weighted by molar-refractivity contribution is 0.279. The SMILES string of the molecule is CNCCCC(c1ccc2c(c1)ncn2C)N(C)C. The quantitative estimate of drug-likeness (QED) is 0.808. The summed E-state index contributed by atoms with van der Waals surface area (Å²) in [5, 5.41) is 3.21. The van der Waals surface area contributed by atoms with E-state index in [1.807, 2.05) is 20.4 Å². The van der Waals surface area contributed by atoms with Gasteiger partial charge in [0, 0.05) is 13.1 Å². The molecule has 2 rings (SSSR count). The molecule has 1 N–H and O–H groups in total. The normalized spacial score (nSPS) is 13.3. The number of hydrogen-bond acceptors (Lipinski definition) is 3. The van der Waals surface area contributed by atoms with Gasteiger partial charge in [-0.3, -0.25) is 0 Å². The number of fused-ring (bicyclic) bond motifs is 1. The van der Waals surface area contributed by atoms with Gasteiger partial charge in [0.1, 0.15) is 0 Å². The minimum absolute atomic E-state index is 0.458. The third kappa shape index (κ3) is 3.14. The zero-order valence-electron chi connectivity index (χ0n) is 12.3. The number of hydrogen-bond donors (Lipinski definition) is 1. The molecule has 0 spiro atoms. The lowest BCUT2D eigenvalue weighted by Gasteiger charge is -2.25. The number of rotatable bonds is 6. The van der Waals surface area contributed by atoms with Gasteiger partial charge >= 0.3 is 0 Å². The van der Waals surface area contributed by atoms with E-state index in [4.69, 9.17) is 0 Å². The number of benzene rings is 1. The van der Waals surface area contributed by atoms with E-state index in [0.29, 0.717) is 6.04 Å². The molecule has 1 aromatic carbocycles. The van der Waals surface area contributed by atoms with Crippen LogP contribution < -0.4 is 5.32 Å². The van der Waals surface area contributed by atoms with Crippen molar-refractivity contribution in [1.29, 1.82) is 0 Å². The fourth-order valence-corrected chi connectivity index (χ4v) is 2.56. The maximum absolute atomic E-state index is 4.45. The Kier molecular flexibility index (Phi) is 4.56. The van der Waals surface area contributed by atoms with Gasteiger partial charge in [-0.15, -0.1) is 0 Å². The van der Waals surface area contributed by atoms with Crippen molar-refractivity contribution in [3.63, 3.8) is 0 Å².